The largest absolute Gasteiger partial charge is 0.481 e. The first-order valence-corrected chi connectivity index (χ1v) is 6.70. The van der Waals surface area contributed by atoms with Crippen LogP contribution in [0.25, 0.3) is 0 Å². The zero-order valence-electron chi connectivity index (χ0n) is 11.0. The van der Waals surface area contributed by atoms with Crippen LogP contribution in [0.5, 0.6) is 0 Å². The molecule has 1 unspecified atom stereocenters. The van der Waals surface area contributed by atoms with E-state index < -0.39 is 17.8 Å². The third-order valence-electron chi connectivity index (χ3n) is 3.93. The van der Waals surface area contributed by atoms with Gasteiger partial charge in [-0.15, -0.1) is 0 Å². The molecule has 2 rings (SSSR count). The molecular formula is C15H19NO3. The average molecular weight is 261 g/mol. The van der Waals surface area contributed by atoms with Crippen molar-refractivity contribution in [2.75, 3.05) is 5.32 Å². The van der Waals surface area contributed by atoms with Gasteiger partial charge in [0, 0.05) is 5.69 Å². The van der Waals surface area contributed by atoms with E-state index in [0.717, 1.165) is 12.1 Å². The van der Waals surface area contributed by atoms with Gasteiger partial charge in [0.05, 0.1) is 11.8 Å². The van der Waals surface area contributed by atoms with Gasteiger partial charge in [-0.05, 0) is 30.9 Å². The van der Waals surface area contributed by atoms with Crippen molar-refractivity contribution >= 4 is 17.6 Å². The Morgan fingerprint density at radius 1 is 1.21 bits per heavy atom. The summed E-state index contributed by atoms with van der Waals surface area (Å²) in [5.41, 5.74) is 0.719. The van der Waals surface area contributed by atoms with E-state index in [4.69, 9.17) is 0 Å². The summed E-state index contributed by atoms with van der Waals surface area (Å²) in [6.45, 7) is 2.04. The fourth-order valence-electron chi connectivity index (χ4n) is 2.80. The number of amides is 1. The summed E-state index contributed by atoms with van der Waals surface area (Å²) in [6, 6.07) is 9.17. The van der Waals surface area contributed by atoms with Crippen molar-refractivity contribution < 1.29 is 14.7 Å². The van der Waals surface area contributed by atoms with E-state index in [1.165, 1.54) is 0 Å². The van der Waals surface area contributed by atoms with Gasteiger partial charge in [-0.25, -0.2) is 0 Å². The molecule has 1 fully saturated rings. The van der Waals surface area contributed by atoms with E-state index in [0.29, 0.717) is 18.8 Å². The van der Waals surface area contributed by atoms with Gasteiger partial charge in [0.2, 0.25) is 5.91 Å². The van der Waals surface area contributed by atoms with Crippen molar-refractivity contribution in [3.8, 4) is 0 Å². The Kier molecular flexibility index (Phi) is 4.20. The second-order valence-corrected chi connectivity index (χ2v) is 5.15. The highest BCUT2D eigenvalue weighted by molar-refractivity contribution is 5.95. The molecule has 0 aromatic heterocycles. The summed E-state index contributed by atoms with van der Waals surface area (Å²) >= 11 is 0. The number of nitrogens with one attached hydrogen (secondary N) is 1. The molecule has 1 saturated carbocycles. The molecule has 1 aliphatic carbocycles. The number of carboxylic acids is 1. The molecule has 0 bridgehead atoms. The summed E-state index contributed by atoms with van der Waals surface area (Å²) in [5, 5.41) is 12.0. The first-order valence-electron chi connectivity index (χ1n) is 6.70. The molecule has 2 N–H and O–H groups in total. The molecule has 1 aliphatic rings. The molecule has 4 nitrogen and oxygen atoms in total. The summed E-state index contributed by atoms with van der Waals surface area (Å²) in [4.78, 5) is 23.5. The quantitative estimate of drug-likeness (QED) is 0.875. The molecule has 3 atom stereocenters. The zero-order chi connectivity index (χ0) is 13.8. The Labute approximate surface area is 112 Å². The maximum atomic E-state index is 12.2. The highest BCUT2D eigenvalue weighted by Crippen LogP contribution is 2.38. The van der Waals surface area contributed by atoms with Crippen LogP contribution in [0.3, 0.4) is 0 Å². The van der Waals surface area contributed by atoms with Crippen LogP contribution in [0, 0.1) is 17.8 Å². The van der Waals surface area contributed by atoms with Gasteiger partial charge < -0.3 is 10.4 Å². The topological polar surface area (TPSA) is 66.4 Å². The second kappa shape index (κ2) is 5.87. The number of hydrogen-bond donors (Lipinski definition) is 2. The lowest BCUT2D eigenvalue weighted by molar-refractivity contribution is -0.145. The molecule has 0 spiro atoms. The maximum absolute atomic E-state index is 12.2. The molecule has 0 heterocycles. The van der Waals surface area contributed by atoms with Gasteiger partial charge in [-0.3, -0.25) is 9.59 Å². The Bertz CT molecular complexity index is 458. The van der Waals surface area contributed by atoms with Gasteiger partial charge >= 0.3 is 5.97 Å². The van der Waals surface area contributed by atoms with Crippen LogP contribution in [-0.2, 0) is 9.59 Å². The minimum absolute atomic E-state index is 0.172. The van der Waals surface area contributed by atoms with Gasteiger partial charge in [0.1, 0.15) is 0 Å². The highest BCUT2D eigenvalue weighted by Gasteiger charge is 2.42. The van der Waals surface area contributed by atoms with Gasteiger partial charge in [-0.2, -0.15) is 0 Å². The first kappa shape index (κ1) is 13.6. The smallest absolute Gasteiger partial charge is 0.307 e. The normalized spacial score (nSPS) is 26.1. The van der Waals surface area contributed by atoms with Crippen molar-refractivity contribution in [3.05, 3.63) is 30.3 Å². The summed E-state index contributed by atoms with van der Waals surface area (Å²) in [7, 11) is 0. The lowest BCUT2D eigenvalue weighted by atomic mass is 9.95. The van der Waals surface area contributed by atoms with E-state index in [-0.39, 0.29) is 5.91 Å². The predicted octanol–water partition coefficient (Wildman–Crippen LogP) is 2.76. The minimum atomic E-state index is -0.857. The van der Waals surface area contributed by atoms with Crippen LogP contribution >= 0.6 is 0 Å². The van der Waals surface area contributed by atoms with E-state index in [9.17, 15) is 14.7 Å². The number of benzene rings is 1. The number of aliphatic carboxylic acids is 1. The predicted molar refractivity (Wildman–Crippen MR) is 72.7 cm³/mol. The molecule has 1 aromatic carbocycles. The zero-order valence-corrected chi connectivity index (χ0v) is 11.0. The van der Waals surface area contributed by atoms with Crippen LogP contribution in [0.1, 0.15) is 26.2 Å². The van der Waals surface area contributed by atoms with Crippen LogP contribution < -0.4 is 5.32 Å². The van der Waals surface area contributed by atoms with Crippen molar-refractivity contribution in [1.82, 2.24) is 0 Å². The van der Waals surface area contributed by atoms with Crippen molar-refractivity contribution in [1.29, 1.82) is 0 Å². The number of para-hydroxylation sites is 1. The third-order valence-corrected chi connectivity index (χ3v) is 3.93. The van der Waals surface area contributed by atoms with E-state index in [1.54, 1.807) is 12.1 Å². The summed E-state index contributed by atoms with van der Waals surface area (Å²) in [5.74, 6) is -1.65. The molecule has 1 aromatic rings. The van der Waals surface area contributed by atoms with Crippen LogP contribution in [-0.4, -0.2) is 17.0 Å². The number of carbonyl (C=O) groups is 2. The van der Waals surface area contributed by atoms with E-state index in [1.807, 2.05) is 25.1 Å². The number of carbonyl (C=O) groups excluding carboxylic acids is 1. The Balaban J connectivity index is 2.07. The minimum Gasteiger partial charge on any atom is -0.481 e. The highest BCUT2D eigenvalue weighted by atomic mass is 16.4. The van der Waals surface area contributed by atoms with Gasteiger partial charge in [-0.1, -0.05) is 31.5 Å². The first-order chi connectivity index (χ1) is 9.11. The van der Waals surface area contributed by atoms with E-state index in [2.05, 4.69) is 5.32 Å². The number of rotatable bonds is 4. The fraction of sp³-hybridized carbons (Fsp3) is 0.467. The van der Waals surface area contributed by atoms with Gasteiger partial charge in [0.25, 0.3) is 0 Å². The number of hydrogen-bond acceptors (Lipinski definition) is 2. The molecule has 102 valence electrons. The second-order valence-electron chi connectivity index (χ2n) is 5.15. The average Bonchev–Trinajstić information content (AvgIpc) is 2.84. The van der Waals surface area contributed by atoms with E-state index >= 15 is 0 Å². The Morgan fingerprint density at radius 2 is 1.84 bits per heavy atom. The van der Waals surface area contributed by atoms with Crippen molar-refractivity contribution in [3.63, 3.8) is 0 Å². The van der Waals surface area contributed by atoms with Gasteiger partial charge in [0.15, 0.2) is 0 Å². The lowest BCUT2D eigenvalue weighted by Crippen LogP contribution is -2.29. The molecular weight excluding hydrogens is 242 g/mol. The van der Waals surface area contributed by atoms with Crippen LogP contribution in [0.4, 0.5) is 5.69 Å². The number of anilines is 1. The lowest BCUT2D eigenvalue weighted by Gasteiger charge is -2.15. The molecule has 0 radical (unpaired) electrons. The molecule has 4 heteroatoms. The van der Waals surface area contributed by atoms with Crippen LogP contribution in [0.2, 0.25) is 0 Å². The molecule has 1 amide bonds. The van der Waals surface area contributed by atoms with Crippen molar-refractivity contribution in [2.24, 2.45) is 17.8 Å². The number of carboxylic acid groups (broad SMARTS) is 1. The van der Waals surface area contributed by atoms with Crippen molar-refractivity contribution in [2.45, 2.75) is 26.2 Å². The summed E-state index contributed by atoms with van der Waals surface area (Å²) in [6.07, 6.45) is 2.21. The maximum Gasteiger partial charge on any atom is 0.307 e. The third kappa shape index (κ3) is 3.13. The fourth-order valence-corrected chi connectivity index (χ4v) is 2.80. The monoisotopic (exact) mass is 261 g/mol. The SMILES string of the molecule is CCC1C[C@H](C(=O)Nc2ccccc2)[C@H](C(=O)O)C1. The van der Waals surface area contributed by atoms with Crippen LogP contribution in [0.15, 0.2) is 30.3 Å². The standard InChI is InChI=1S/C15H19NO3/c1-2-10-8-12(13(9-10)15(18)19)14(17)16-11-6-4-3-5-7-11/h3-7,10,12-13H,2,8-9H2,1H3,(H,16,17)(H,18,19)/t10?,12-,13+/m0/s1. The molecule has 0 saturated heterocycles. The Morgan fingerprint density at radius 3 is 2.42 bits per heavy atom. The summed E-state index contributed by atoms with van der Waals surface area (Å²) < 4.78 is 0. The Hall–Kier alpha value is -1.84. The molecule has 0 aliphatic heterocycles. The molecule has 19 heavy (non-hydrogen) atoms.